The zero-order valence-corrected chi connectivity index (χ0v) is 12.2. The lowest BCUT2D eigenvalue weighted by Gasteiger charge is -2.32. The topological polar surface area (TPSA) is 44.8 Å². The van der Waals surface area contributed by atoms with Crippen molar-refractivity contribution in [2.75, 3.05) is 45.9 Å². The van der Waals surface area contributed by atoms with Crippen molar-refractivity contribution >= 4 is 5.91 Å². The van der Waals surface area contributed by atoms with Gasteiger partial charge in [0.05, 0.1) is 6.10 Å². The van der Waals surface area contributed by atoms with Crippen LogP contribution in [0.5, 0.6) is 0 Å². The molecule has 1 amide bonds. The summed E-state index contributed by atoms with van der Waals surface area (Å²) in [7, 11) is 0. The minimum absolute atomic E-state index is 0.151. The monoisotopic (exact) mass is 269 g/mol. The first-order valence-corrected chi connectivity index (χ1v) is 7.55. The van der Waals surface area contributed by atoms with Crippen molar-refractivity contribution in [1.82, 2.24) is 15.1 Å². The molecule has 2 rings (SSSR count). The molecule has 2 saturated heterocycles. The Hall–Kier alpha value is -0.650. The summed E-state index contributed by atoms with van der Waals surface area (Å²) in [6.45, 7) is 10.4. The molecule has 5 nitrogen and oxygen atoms in total. The summed E-state index contributed by atoms with van der Waals surface area (Å²) in [6, 6.07) is 0.551. The normalized spacial score (nSPS) is 26.6. The van der Waals surface area contributed by atoms with Crippen LogP contribution >= 0.6 is 0 Å². The van der Waals surface area contributed by atoms with Gasteiger partial charge in [0.1, 0.15) is 6.61 Å². The maximum Gasteiger partial charge on any atom is 0.248 e. The van der Waals surface area contributed by atoms with Gasteiger partial charge < -0.3 is 15.0 Å². The first-order chi connectivity index (χ1) is 9.20. The number of carbonyl (C=O) groups is 1. The van der Waals surface area contributed by atoms with Crippen molar-refractivity contribution in [2.45, 2.75) is 38.8 Å². The van der Waals surface area contributed by atoms with E-state index in [0.29, 0.717) is 6.04 Å². The number of rotatable bonds is 5. The standard InChI is InChI=1S/C14H27N3O2/c1-3-12(2)19-11-14(18)17-7-4-13(10-17)16-8-5-15-6-9-16/h12-13,15H,3-11H2,1-2H3. The molecule has 19 heavy (non-hydrogen) atoms. The second kappa shape index (κ2) is 7.22. The fourth-order valence-electron chi connectivity index (χ4n) is 2.74. The minimum Gasteiger partial charge on any atom is -0.369 e. The molecule has 0 saturated carbocycles. The Labute approximate surface area is 116 Å². The highest BCUT2D eigenvalue weighted by Gasteiger charge is 2.30. The summed E-state index contributed by atoms with van der Waals surface area (Å²) < 4.78 is 5.53. The molecule has 110 valence electrons. The third-order valence-electron chi connectivity index (χ3n) is 4.25. The van der Waals surface area contributed by atoms with Crippen LogP contribution in [0.15, 0.2) is 0 Å². The molecule has 0 bridgehead atoms. The van der Waals surface area contributed by atoms with Gasteiger partial charge in [-0.15, -0.1) is 0 Å². The van der Waals surface area contributed by atoms with E-state index in [1.165, 1.54) is 0 Å². The Morgan fingerprint density at radius 2 is 2.11 bits per heavy atom. The number of amides is 1. The number of carbonyl (C=O) groups excluding carboxylic acids is 1. The first kappa shape index (κ1) is 14.8. The molecule has 0 radical (unpaired) electrons. The molecule has 2 aliphatic rings. The van der Waals surface area contributed by atoms with Crippen LogP contribution in [0.25, 0.3) is 0 Å². The fourth-order valence-corrected chi connectivity index (χ4v) is 2.74. The molecule has 2 fully saturated rings. The third kappa shape index (κ3) is 4.16. The van der Waals surface area contributed by atoms with Gasteiger partial charge in [-0.05, 0) is 19.8 Å². The Bertz CT molecular complexity index is 292. The fraction of sp³-hybridized carbons (Fsp3) is 0.929. The van der Waals surface area contributed by atoms with E-state index in [0.717, 1.165) is 52.1 Å². The molecule has 0 aliphatic carbocycles. The number of hydrogen-bond acceptors (Lipinski definition) is 4. The van der Waals surface area contributed by atoms with Gasteiger partial charge in [-0.1, -0.05) is 6.92 Å². The van der Waals surface area contributed by atoms with Gasteiger partial charge in [0.15, 0.2) is 0 Å². The largest absolute Gasteiger partial charge is 0.369 e. The number of nitrogens with zero attached hydrogens (tertiary/aromatic N) is 2. The summed E-state index contributed by atoms with van der Waals surface area (Å²) in [5.74, 6) is 0.151. The van der Waals surface area contributed by atoms with E-state index in [4.69, 9.17) is 4.74 Å². The number of ether oxygens (including phenoxy) is 1. The average molecular weight is 269 g/mol. The summed E-state index contributed by atoms with van der Waals surface area (Å²) >= 11 is 0. The Kier molecular flexibility index (Phi) is 5.60. The average Bonchev–Trinajstić information content (AvgIpc) is 2.95. The number of likely N-dealkylation sites (tertiary alicyclic amines) is 1. The van der Waals surface area contributed by atoms with Crippen LogP contribution in [-0.2, 0) is 9.53 Å². The Morgan fingerprint density at radius 1 is 1.37 bits per heavy atom. The van der Waals surface area contributed by atoms with E-state index in [9.17, 15) is 4.79 Å². The molecule has 1 N–H and O–H groups in total. The summed E-state index contributed by atoms with van der Waals surface area (Å²) in [6.07, 6.45) is 2.24. The molecule has 2 unspecified atom stereocenters. The van der Waals surface area contributed by atoms with E-state index < -0.39 is 0 Å². The molecule has 5 heteroatoms. The van der Waals surface area contributed by atoms with Crippen LogP contribution in [0.1, 0.15) is 26.7 Å². The van der Waals surface area contributed by atoms with Crippen molar-refractivity contribution in [3.63, 3.8) is 0 Å². The highest BCUT2D eigenvalue weighted by Crippen LogP contribution is 2.16. The van der Waals surface area contributed by atoms with Gasteiger partial charge in [0.25, 0.3) is 0 Å². The number of nitrogens with one attached hydrogen (secondary N) is 1. The van der Waals surface area contributed by atoms with Gasteiger partial charge in [0, 0.05) is 45.3 Å². The maximum absolute atomic E-state index is 12.1. The zero-order valence-electron chi connectivity index (χ0n) is 12.2. The second-order valence-electron chi connectivity index (χ2n) is 5.60. The van der Waals surface area contributed by atoms with Crippen molar-refractivity contribution in [1.29, 1.82) is 0 Å². The molecular weight excluding hydrogens is 242 g/mol. The van der Waals surface area contributed by atoms with E-state index in [-0.39, 0.29) is 18.6 Å². The van der Waals surface area contributed by atoms with Crippen LogP contribution in [0.3, 0.4) is 0 Å². The maximum atomic E-state index is 12.1. The zero-order chi connectivity index (χ0) is 13.7. The van der Waals surface area contributed by atoms with Crippen molar-refractivity contribution in [2.24, 2.45) is 0 Å². The van der Waals surface area contributed by atoms with Gasteiger partial charge in [-0.2, -0.15) is 0 Å². The highest BCUT2D eigenvalue weighted by atomic mass is 16.5. The molecule has 0 aromatic carbocycles. The lowest BCUT2D eigenvalue weighted by Crippen LogP contribution is -2.49. The summed E-state index contributed by atoms with van der Waals surface area (Å²) in [5, 5.41) is 3.37. The smallest absolute Gasteiger partial charge is 0.248 e. The van der Waals surface area contributed by atoms with Gasteiger partial charge in [-0.25, -0.2) is 0 Å². The van der Waals surface area contributed by atoms with E-state index in [1.807, 2.05) is 11.8 Å². The number of hydrogen-bond donors (Lipinski definition) is 1. The molecule has 0 spiro atoms. The van der Waals surface area contributed by atoms with Crippen LogP contribution in [0, 0.1) is 0 Å². The van der Waals surface area contributed by atoms with E-state index in [2.05, 4.69) is 17.1 Å². The molecule has 2 heterocycles. The quantitative estimate of drug-likeness (QED) is 0.780. The lowest BCUT2D eigenvalue weighted by atomic mass is 10.2. The van der Waals surface area contributed by atoms with E-state index in [1.54, 1.807) is 0 Å². The van der Waals surface area contributed by atoms with E-state index >= 15 is 0 Å². The molecule has 2 aliphatic heterocycles. The Balaban J connectivity index is 1.72. The first-order valence-electron chi connectivity index (χ1n) is 7.55. The summed E-state index contributed by atoms with van der Waals surface area (Å²) in [4.78, 5) is 16.5. The summed E-state index contributed by atoms with van der Waals surface area (Å²) in [5.41, 5.74) is 0. The minimum atomic E-state index is 0.151. The lowest BCUT2D eigenvalue weighted by molar-refractivity contribution is -0.137. The van der Waals surface area contributed by atoms with Crippen molar-refractivity contribution in [3.05, 3.63) is 0 Å². The van der Waals surface area contributed by atoms with Gasteiger partial charge >= 0.3 is 0 Å². The molecule has 0 aromatic heterocycles. The molecule has 0 aromatic rings. The predicted molar refractivity (Wildman–Crippen MR) is 75.1 cm³/mol. The second-order valence-corrected chi connectivity index (χ2v) is 5.60. The predicted octanol–water partition coefficient (Wildman–Crippen LogP) is 0.308. The van der Waals surface area contributed by atoms with Gasteiger partial charge in [0.2, 0.25) is 5.91 Å². The SMILES string of the molecule is CCC(C)OCC(=O)N1CCC(N2CCNCC2)C1. The van der Waals surface area contributed by atoms with Crippen LogP contribution in [-0.4, -0.2) is 73.7 Å². The van der Waals surface area contributed by atoms with Crippen molar-refractivity contribution < 1.29 is 9.53 Å². The third-order valence-corrected chi connectivity index (χ3v) is 4.25. The highest BCUT2D eigenvalue weighted by molar-refractivity contribution is 5.77. The number of piperazine rings is 1. The molecular formula is C14H27N3O2. The van der Waals surface area contributed by atoms with Crippen LogP contribution in [0.2, 0.25) is 0 Å². The Morgan fingerprint density at radius 3 is 2.79 bits per heavy atom. The van der Waals surface area contributed by atoms with Crippen LogP contribution < -0.4 is 5.32 Å². The molecule has 2 atom stereocenters. The van der Waals surface area contributed by atoms with Crippen LogP contribution in [0.4, 0.5) is 0 Å². The van der Waals surface area contributed by atoms with Gasteiger partial charge in [-0.3, -0.25) is 9.69 Å². The van der Waals surface area contributed by atoms with Crippen molar-refractivity contribution in [3.8, 4) is 0 Å².